The number of nitrogens with zero attached hydrogens (tertiary/aromatic N) is 1. The molecular weight excluding hydrogens is 312 g/mol. The number of nitrogens with one attached hydrogen (secondary N) is 3. The van der Waals surface area contributed by atoms with Gasteiger partial charge in [-0.05, 0) is 5.56 Å². The molecular formula is C16H20N4O2S. The Morgan fingerprint density at radius 3 is 2.91 bits per heavy atom. The standard InChI is InChI=1S/C16H20N4O2S/c1-23(22)10-14(11-5-3-2-4-6-11)18-16(21)15-12-9-17-8-7-13(12)19-20-15/h2-6,14,17H,7-10H2,1H3,(H,18,21)(H,19,20). The average Bonchev–Trinajstić information content (AvgIpc) is 2.99. The lowest BCUT2D eigenvalue weighted by Crippen LogP contribution is -2.33. The van der Waals surface area contributed by atoms with Crippen LogP contribution in [0, 0.1) is 0 Å². The molecule has 1 aromatic carbocycles. The molecule has 0 radical (unpaired) electrons. The third kappa shape index (κ3) is 3.68. The van der Waals surface area contributed by atoms with E-state index in [1.807, 2.05) is 30.3 Å². The van der Waals surface area contributed by atoms with Crippen LogP contribution in [-0.2, 0) is 23.8 Å². The predicted octanol–water partition coefficient (Wildman–Crippen LogP) is 0.905. The summed E-state index contributed by atoms with van der Waals surface area (Å²) in [4.78, 5) is 12.6. The fourth-order valence-electron chi connectivity index (χ4n) is 2.78. The molecule has 122 valence electrons. The second-order valence-electron chi connectivity index (χ2n) is 5.63. The van der Waals surface area contributed by atoms with Crippen molar-refractivity contribution in [1.29, 1.82) is 0 Å². The average molecular weight is 332 g/mol. The van der Waals surface area contributed by atoms with Crippen molar-refractivity contribution < 1.29 is 9.00 Å². The van der Waals surface area contributed by atoms with Crippen LogP contribution in [0.5, 0.6) is 0 Å². The highest BCUT2D eigenvalue weighted by molar-refractivity contribution is 7.84. The molecule has 0 saturated carbocycles. The van der Waals surface area contributed by atoms with Crippen molar-refractivity contribution in [2.75, 3.05) is 18.6 Å². The van der Waals surface area contributed by atoms with Gasteiger partial charge in [-0.15, -0.1) is 0 Å². The third-order valence-electron chi connectivity index (χ3n) is 3.93. The number of amides is 1. The zero-order valence-electron chi connectivity index (χ0n) is 13.0. The molecule has 1 aromatic heterocycles. The quantitative estimate of drug-likeness (QED) is 0.759. The van der Waals surface area contributed by atoms with E-state index in [1.54, 1.807) is 6.26 Å². The van der Waals surface area contributed by atoms with Gasteiger partial charge >= 0.3 is 0 Å². The highest BCUT2D eigenvalue weighted by Crippen LogP contribution is 2.18. The lowest BCUT2D eigenvalue weighted by Gasteiger charge is -2.18. The number of aromatic amines is 1. The Hall–Kier alpha value is -1.99. The first-order valence-corrected chi connectivity index (χ1v) is 9.30. The van der Waals surface area contributed by atoms with E-state index in [2.05, 4.69) is 20.8 Å². The minimum Gasteiger partial charge on any atom is -0.343 e. The fraction of sp³-hybridized carbons (Fsp3) is 0.375. The molecule has 0 spiro atoms. The van der Waals surface area contributed by atoms with E-state index >= 15 is 0 Å². The van der Waals surface area contributed by atoms with Crippen molar-refractivity contribution in [3.05, 3.63) is 52.8 Å². The first-order chi connectivity index (χ1) is 11.1. The molecule has 0 aliphatic carbocycles. The normalized spacial score (nSPS) is 16.4. The maximum atomic E-state index is 12.6. The highest BCUT2D eigenvalue weighted by atomic mass is 32.2. The van der Waals surface area contributed by atoms with E-state index in [1.165, 1.54) is 0 Å². The zero-order chi connectivity index (χ0) is 16.2. The molecule has 23 heavy (non-hydrogen) atoms. The van der Waals surface area contributed by atoms with Gasteiger partial charge in [-0.25, -0.2) is 0 Å². The van der Waals surface area contributed by atoms with Crippen molar-refractivity contribution in [3.8, 4) is 0 Å². The number of H-pyrrole nitrogens is 1. The number of aromatic nitrogens is 2. The first kappa shape index (κ1) is 15.9. The summed E-state index contributed by atoms with van der Waals surface area (Å²) < 4.78 is 11.7. The fourth-order valence-corrected chi connectivity index (χ4v) is 3.53. The van der Waals surface area contributed by atoms with Crippen LogP contribution in [0.3, 0.4) is 0 Å². The Balaban J connectivity index is 1.81. The van der Waals surface area contributed by atoms with Crippen LogP contribution in [0.4, 0.5) is 0 Å². The molecule has 0 fully saturated rings. The second-order valence-corrected chi connectivity index (χ2v) is 7.11. The van der Waals surface area contributed by atoms with Crippen LogP contribution < -0.4 is 10.6 Å². The first-order valence-electron chi connectivity index (χ1n) is 7.58. The number of carbonyl (C=O) groups is 1. The van der Waals surface area contributed by atoms with E-state index < -0.39 is 10.8 Å². The number of carbonyl (C=O) groups excluding carboxylic acids is 1. The van der Waals surface area contributed by atoms with Gasteiger partial charge in [-0.3, -0.25) is 14.1 Å². The molecule has 6 nitrogen and oxygen atoms in total. The number of hydrogen-bond acceptors (Lipinski definition) is 4. The molecule has 2 unspecified atom stereocenters. The summed E-state index contributed by atoms with van der Waals surface area (Å²) in [6.07, 6.45) is 2.49. The van der Waals surface area contributed by atoms with Gasteiger partial charge in [0.2, 0.25) is 0 Å². The van der Waals surface area contributed by atoms with Crippen LogP contribution in [-0.4, -0.2) is 38.9 Å². The number of hydrogen-bond donors (Lipinski definition) is 3. The van der Waals surface area contributed by atoms with Crippen molar-refractivity contribution in [1.82, 2.24) is 20.8 Å². The predicted molar refractivity (Wildman–Crippen MR) is 89.6 cm³/mol. The molecule has 1 aliphatic heterocycles. The maximum absolute atomic E-state index is 12.6. The van der Waals surface area contributed by atoms with Gasteiger partial charge in [0.15, 0.2) is 5.69 Å². The molecule has 7 heteroatoms. The molecule has 3 rings (SSSR count). The van der Waals surface area contributed by atoms with E-state index in [-0.39, 0.29) is 11.9 Å². The third-order valence-corrected chi connectivity index (χ3v) is 4.73. The van der Waals surface area contributed by atoms with Gasteiger partial charge in [-0.2, -0.15) is 5.10 Å². The van der Waals surface area contributed by atoms with Crippen LogP contribution >= 0.6 is 0 Å². The molecule has 0 saturated heterocycles. The van der Waals surface area contributed by atoms with Crippen molar-refractivity contribution in [3.63, 3.8) is 0 Å². The summed E-state index contributed by atoms with van der Waals surface area (Å²) in [5.74, 6) is 0.145. The highest BCUT2D eigenvalue weighted by Gasteiger charge is 2.24. The Morgan fingerprint density at radius 2 is 2.17 bits per heavy atom. The van der Waals surface area contributed by atoms with Gasteiger partial charge in [0.05, 0.1) is 6.04 Å². The largest absolute Gasteiger partial charge is 0.343 e. The van der Waals surface area contributed by atoms with E-state index in [0.29, 0.717) is 18.0 Å². The minimum atomic E-state index is -1.02. The summed E-state index contributed by atoms with van der Waals surface area (Å²) >= 11 is 0. The summed E-state index contributed by atoms with van der Waals surface area (Å²) in [6, 6.07) is 9.30. The molecule has 2 atom stereocenters. The Bertz CT molecular complexity index is 714. The Kier molecular flexibility index (Phi) is 4.88. The SMILES string of the molecule is CS(=O)CC(NC(=O)c1n[nH]c2c1CNCC2)c1ccccc1. The molecule has 0 bridgehead atoms. The van der Waals surface area contributed by atoms with Gasteiger partial charge in [0, 0.05) is 53.6 Å². The Morgan fingerprint density at radius 1 is 1.39 bits per heavy atom. The summed E-state index contributed by atoms with van der Waals surface area (Å²) in [5.41, 5.74) is 3.32. The molecule has 3 N–H and O–H groups in total. The van der Waals surface area contributed by atoms with Crippen LogP contribution in [0.15, 0.2) is 30.3 Å². The van der Waals surface area contributed by atoms with E-state index in [9.17, 15) is 9.00 Å². The monoisotopic (exact) mass is 332 g/mol. The summed E-state index contributed by atoms with van der Waals surface area (Å²) in [5, 5.41) is 13.3. The summed E-state index contributed by atoms with van der Waals surface area (Å²) in [7, 11) is -1.02. The number of fused-ring (bicyclic) bond motifs is 1. The van der Waals surface area contributed by atoms with E-state index in [4.69, 9.17) is 0 Å². The maximum Gasteiger partial charge on any atom is 0.272 e. The minimum absolute atomic E-state index is 0.231. The van der Waals surface area contributed by atoms with E-state index in [0.717, 1.165) is 29.8 Å². The molecule has 2 aromatic rings. The smallest absolute Gasteiger partial charge is 0.272 e. The topological polar surface area (TPSA) is 86.9 Å². The lowest BCUT2D eigenvalue weighted by molar-refractivity contribution is 0.0934. The van der Waals surface area contributed by atoms with Crippen molar-refractivity contribution in [2.24, 2.45) is 0 Å². The molecule has 1 amide bonds. The van der Waals surface area contributed by atoms with Crippen LogP contribution in [0.2, 0.25) is 0 Å². The summed E-state index contributed by atoms with van der Waals surface area (Å²) in [6.45, 7) is 1.53. The van der Waals surface area contributed by atoms with Crippen molar-refractivity contribution >= 4 is 16.7 Å². The lowest BCUT2D eigenvalue weighted by atomic mass is 10.1. The molecule has 1 aliphatic rings. The van der Waals surface area contributed by atoms with Crippen LogP contribution in [0.1, 0.15) is 33.4 Å². The van der Waals surface area contributed by atoms with Gasteiger partial charge in [0.25, 0.3) is 5.91 Å². The second kappa shape index (κ2) is 7.06. The zero-order valence-corrected chi connectivity index (χ0v) is 13.8. The van der Waals surface area contributed by atoms with Crippen LogP contribution in [0.25, 0.3) is 0 Å². The van der Waals surface area contributed by atoms with Gasteiger partial charge in [-0.1, -0.05) is 30.3 Å². The van der Waals surface area contributed by atoms with Gasteiger partial charge < -0.3 is 10.6 Å². The molecule has 2 heterocycles. The number of rotatable bonds is 5. The van der Waals surface area contributed by atoms with Gasteiger partial charge in [0.1, 0.15) is 0 Å². The number of benzene rings is 1. The van der Waals surface area contributed by atoms with Crippen molar-refractivity contribution in [2.45, 2.75) is 19.0 Å². The Labute approximate surface area is 137 Å².